The number of fused-ring (bicyclic) bond motifs is 4. The second-order valence-electron chi connectivity index (χ2n) is 17.5. The number of piperazine rings is 1. The second-order valence-corrected chi connectivity index (χ2v) is 20.0. The smallest absolute Gasteiger partial charge is 0.264 e. The first-order valence-corrected chi connectivity index (χ1v) is 22.7. The number of ether oxygens (including phenoxy) is 2. The summed E-state index contributed by atoms with van der Waals surface area (Å²) in [5.41, 5.74) is 3.75. The number of anilines is 1. The molecule has 308 valence electrons. The number of sulfonamides is 1. The highest BCUT2D eigenvalue weighted by Crippen LogP contribution is 2.49. The first-order valence-electron chi connectivity index (χ1n) is 20.8. The molecule has 57 heavy (non-hydrogen) atoms. The lowest BCUT2D eigenvalue weighted by atomic mass is 9.63. The Balaban J connectivity index is 1.13. The van der Waals surface area contributed by atoms with Gasteiger partial charge in [-0.25, -0.2) is 18.1 Å². The summed E-state index contributed by atoms with van der Waals surface area (Å²) >= 11 is 6.52. The van der Waals surface area contributed by atoms with Crippen molar-refractivity contribution in [2.45, 2.75) is 89.0 Å². The molecule has 2 aromatic carbocycles. The number of oxazole rings is 1. The number of hydrogen-bond acceptors (Lipinski definition) is 10. The number of methoxy groups -OCH3 is 1. The Bertz CT molecular complexity index is 2100. The molecule has 4 heterocycles. The zero-order valence-electron chi connectivity index (χ0n) is 34.1. The van der Waals surface area contributed by atoms with Gasteiger partial charge in [0.2, 0.25) is 15.9 Å². The lowest BCUT2D eigenvalue weighted by Gasteiger charge is -2.52. The summed E-state index contributed by atoms with van der Waals surface area (Å²) in [5, 5.41) is -0.0533. The van der Waals surface area contributed by atoms with Gasteiger partial charge in [-0.3, -0.25) is 14.6 Å². The van der Waals surface area contributed by atoms with Crippen LogP contribution in [0.15, 0.2) is 53.0 Å². The van der Waals surface area contributed by atoms with Crippen LogP contribution in [0, 0.1) is 31.6 Å². The molecule has 1 amide bonds. The number of aryl methyl sites for hydroxylation is 3. The van der Waals surface area contributed by atoms with Crippen molar-refractivity contribution in [1.29, 1.82) is 0 Å². The molecule has 1 aromatic heterocycles. The van der Waals surface area contributed by atoms with Crippen LogP contribution in [0.25, 0.3) is 0 Å². The van der Waals surface area contributed by atoms with Gasteiger partial charge in [-0.1, -0.05) is 36.7 Å². The molecule has 1 saturated heterocycles. The van der Waals surface area contributed by atoms with Crippen molar-refractivity contribution in [2.75, 3.05) is 64.4 Å². The van der Waals surface area contributed by atoms with E-state index in [-0.39, 0.29) is 17.3 Å². The van der Waals surface area contributed by atoms with Gasteiger partial charge >= 0.3 is 0 Å². The third-order valence-electron chi connectivity index (χ3n) is 14.0. The van der Waals surface area contributed by atoms with Gasteiger partial charge < -0.3 is 18.8 Å². The minimum absolute atomic E-state index is 0.229. The van der Waals surface area contributed by atoms with Crippen LogP contribution in [0.5, 0.6) is 5.75 Å². The maximum atomic E-state index is 13.7. The molecule has 1 spiro atoms. The first kappa shape index (κ1) is 40.4. The summed E-state index contributed by atoms with van der Waals surface area (Å²) in [7, 11) is -2.13. The van der Waals surface area contributed by atoms with Crippen molar-refractivity contribution < 1.29 is 27.1 Å². The van der Waals surface area contributed by atoms with E-state index in [1.54, 1.807) is 13.0 Å². The van der Waals surface area contributed by atoms with E-state index in [2.05, 4.69) is 48.7 Å². The molecule has 2 aliphatic carbocycles. The fourth-order valence-electron chi connectivity index (χ4n) is 10.1. The number of carbonyl (C=O) groups excluding carboxylic acids is 1. The van der Waals surface area contributed by atoms with Crippen molar-refractivity contribution >= 4 is 33.2 Å². The monoisotopic (exact) mass is 819 g/mol. The number of nitrogens with zero attached hydrogens (tertiary/aromatic N) is 4. The highest BCUT2D eigenvalue weighted by atomic mass is 35.5. The van der Waals surface area contributed by atoms with Gasteiger partial charge in [0, 0.05) is 68.9 Å². The largest absolute Gasteiger partial charge is 0.490 e. The number of benzene rings is 2. The first-order chi connectivity index (χ1) is 27.3. The average molecular weight is 820 g/mol. The van der Waals surface area contributed by atoms with Crippen LogP contribution in [0.1, 0.15) is 84.8 Å². The predicted molar refractivity (Wildman–Crippen MR) is 223 cm³/mol. The van der Waals surface area contributed by atoms with Gasteiger partial charge in [0.05, 0.1) is 29.8 Å². The summed E-state index contributed by atoms with van der Waals surface area (Å²) in [6.07, 6.45) is 9.96. The van der Waals surface area contributed by atoms with Crippen molar-refractivity contribution in [1.82, 2.24) is 19.5 Å². The highest BCUT2D eigenvalue weighted by Gasteiger charge is 2.50. The number of halogens is 1. The average Bonchev–Trinajstić information content (AvgIpc) is 3.40. The Kier molecular flexibility index (Phi) is 11.3. The number of carbonyl (C=O) groups is 1. The van der Waals surface area contributed by atoms with Gasteiger partial charge in [0.15, 0.2) is 0 Å². The lowest BCUT2D eigenvalue weighted by molar-refractivity contribution is -0.0958. The van der Waals surface area contributed by atoms with Gasteiger partial charge in [-0.2, -0.15) is 0 Å². The summed E-state index contributed by atoms with van der Waals surface area (Å²) < 4.78 is 49.1. The van der Waals surface area contributed by atoms with E-state index in [9.17, 15) is 13.2 Å². The van der Waals surface area contributed by atoms with Crippen LogP contribution in [-0.4, -0.2) is 99.5 Å². The van der Waals surface area contributed by atoms with E-state index in [4.69, 9.17) is 25.5 Å². The van der Waals surface area contributed by atoms with Crippen LogP contribution < -0.4 is 14.4 Å². The van der Waals surface area contributed by atoms with Crippen LogP contribution in [-0.2, 0) is 33.1 Å². The molecular formula is C44H58ClN5O6S. The molecule has 5 aliphatic rings. The summed E-state index contributed by atoms with van der Waals surface area (Å²) in [6, 6.07) is 11.6. The molecule has 6 atom stereocenters. The minimum Gasteiger partial charge on any atom is -0.490 e. The van der Waals surface area contributed by atoms with Crippen LogP contribution in [0.4, 0.5) is 5.69 Å². The summed E-state index contributed by atoms with van der Waals surface area (Å²) in [6.45, 7) is 14.6. The Morgan fingerprint density at radius 2 is 1.84 bits per heavy atom. The molecule has 0 unspecified atom stereocenters. The van der Waals surface area contributed by atoms with Crippen LogP contribution in [0.3, 0.4) is 0 Å². The Morgan fingerprint density at radius 3 is 2.56 bits per heavy atom. The third kappa shape index (κ3) is 8.01. The third-order valence-corrected chi connectivity index (χ3v) is 16.1. The van der Waals surface area contributed by atoms with E-state index in [1.807, 2.05) is 46.1 Å². The number of aromatic nitrogens is 1. The molecule has 13 heteroatoms. The van der Waals surface area contributed by atoms with Gasteiger partial charge in [0.25, 0.3) is 5.91 Å². The molecule has 3 aliphatic heterocycles. The highest BCUT2D eigenvalue weighted by molar-refractivity contribution is 7.90. The van der Waals surface area contributed by atoms with E-state index in [0.29, 0.717) is 43.3 Å². The molecule has 2 fully saturated rings. The molecule has 3 aromatic rings. The van der Waals surface area contributed by atoms with E-state index >= 15 is 0 Å². The summed E-state index contributed by atoms with van der Waals surface area (Å²) in [4.78, 5) is 25.7. The maximum absolute atomic E-state index is 13.7. The zero-order valence-corrected chi connectivity index (χ0v) is 35.6. The van der Waals surface area contributed by atoms with E-state index < -0.39 is 26.8 Å². The Labute approximate surface area is 343 Å². The molecule has 11 nitrogen and oxygen atoms in total. The fourth-order valence-corrected chi connectivity index (χ4v) is 11.5. The fraction of sp³-hybridized carbons (Fsp3) is 0.591. The minimum atomic E-state index is -3.98. The van der Waals surface area contributed by atoms with Gasteiger partial charge in [-0.05, 0) is 119 Å². The number of amides is 1. The number of allylic oxidation sites excluding steroid dienone is 1. The van der Waals surface area contributed by atoms with Crippen LogP contribution >= 0.6 is 11.6 Å². The van der Waals surface area contributed by atoms with E-state index in [1.165, 1.54) is 11.1 Å². The summed E-state index contributed by atoms with van der Waals surface area (Å²) in [5.74, 6) is 2.03. The Hall–Kier alpha value is -3.42. The standard InChI is InChI=1S/C44H58ClN5O6S/c1-29-8-6-17-44(54-5,27-49-20-18-48(19-21-49)25-41-46-30(2)31(3)56-41)38-13-10-35(38)24-50-26-43(16-7-9-33-22-36(45)12-14-37(33)43)28-55-40-15-11-34(23-39(40)50)42(51)47-57(52,53)32(29)4/h6,11-12,14-15,17,22-23,29,32,35,38H,7-10,13,16,18-21,24-28H2,1-5H3,(H,47,51)/b17-6-/t29-,32+,35-,38+,43-,44+/m0/s1. The maximum Gasteiger partial charge on any atom is 0.264 e. The molecule has 0 radical (unpaired) electrons. The van der Waals surface area contributed by atoms with Crippen molar-refractivity contribution in [3.63, 3.8) is 0 Å². The van der Waals surface area contributed by atoms with Crippen molar-refractivity contribution in [2.24, 2.45) is 17.8 Å². The van der Waals surface area contributed by atoms with Crippen LogP contribution in [0.2, 0.25) is 5.02 Å². The van der Waals surface area contributed by atoms with E-state index in [0.717, 1.165) is 99.4 Å². The topological polar surface area (TPSA) is 117 Å². The number of rotatable bonds is 5. The SMILES string of the molecule is CO[C@@]1(CN2CCN(Cc3nc(C)c(C)o3)CC2)/C=C\C[C@H](C)[C@@H](C)S(=O)(=O)NC(=O)c2ccc3c(c2)N(C[C@@H]2CC[C@H]21)C[C@@]1(CCCc2cc(Cl)ccc21)CO3. The Morgan fingerprint density at radius 1 is 1.05 bits per heavy atom. The normalized spacial score (nSPS) is 31.3. The van der Waals surface area contributed by atoms with Gasteiger partial charge in [0.1, 0.15) is 17.1 Å². The van der Waals surface area contributed by atoms with Crippen molar-refractivity contribution in [3.05, 3.63) is 87.6 Å². The molecule has 2 bridgehead atoms. The zero-order chi connectivity index (χ0) is 40.1. The molecular weight excluding hydrogens is 762 g/mol. The molecule has 1 N–H and O–H groups in total. The molecule has 1 saturated carbocycles. The van der Waals surface area contributed by atoms with Gasteiger partial charge in [-0.15, -0.1) is 0 Å². The molecule has 8 rings (SSSR count). The second kappa shape index (κ2) is 16.0. The number of nitrogens with one attached hydrogen (secondary N) is 1. The number of hydrogen-bond donors (Lipinski definition) is 1. The van der Waals surface area contributed by atoms with Crippen molar-refractivity contribution in [3.8, 4) is 5.75 Å². The predicted octanol–water partition coefficient (Wildman–Crippen LogP) is 6.69. The lowest BCUT2D eigenvalue weighted by Crippen LogP contribution is -2.59. The quantitative estimate of drug-likeness (QED) is 0.279.